The fourth-order valence-corrected chi connectivity index (χ4v) is 2.13. The molecule has 0 aromatic heterocycles. The van der Waals surface area contributed by atoms with Gasteiger partial charge in [0.05, 0.1) is 21.8 Å². The zero-order valence-corrected chi connectivity index (χ0v) is 11.2. The van der Waals surface area contributed by atoms with E-state index in [-0.39, 0.29) is 12.1 Å². The van der Waals surface area contributed by atoms with Crippen LogP contribution in [0.15, 0.2) is 18.2 Å². The van der Waals surface area contributed by atoms with Crippen LogP contribution in [0.3, 0.4) is 0 Å². The number of hydrogen-bond acceptors (Lipinski definition) is 2. The predicted molar refractivity (Wildman–Crippen MR) is 72.5 cm³/mol. The largest absolute Gasteiger partial charge is 0.376 e. The van der Waals surface area contributed by atoms with Gasteiger partial charge in [0.1, 0.15) is 0 Å². The Morgan fingerprint density at radius 3 is 3.00 bits per heavy atom. The fourth-order valence-electron chi connectivity index (χ4n) is 1.78. The highest BCUT2D eigenvalue weighted by Gasteiger charge is 2.16. The van der Waals surface area contributed by atoms with E-state index in [9.17, 15) is 4.79 Å². The second kappa shape index (κ2) is 6.27. The van der Waals surface area contributed by atoms with Gasteiger partial charge in [0.15, 0.2) is 0 Å². The molecule has 1 heterocycles. The van der Waals surface area contributed by atoms with E-state index in [4.69, 9.17) is 27.9 Å². The van der Waals surface area contributed by atoms with Gasteiger partial charge in [-0.3, -0.25) is 0 Å². The number of amides is 2. The molecule has 0 spiro atoms. The summed E-state index contributed by atoms with van der Waals surface area (Å²) in [7, 11) is 0. The number of nitrogens with one attached hydrogen (secondary N) is 2. The standard InChI is InChI=1S/C12H14Cl2N2O2/c13-9-4-1-5-10(11(9)14)16-12(17)15-7-8-3-2-6-18-8/h1,4-5,8H,2-3,6-7H2,(H2,15,16,17)/t8-/m1/s1. The van der Waals surface area contributed by atoms with E-state index in [1.54, 1.807) is 18.2 Å². The molecule has 2 amide bonds. The van der Waals surface area contributed by atoms with Gasteiger partial charge in [-0.15, -0.1) is 0 Å². The Hall–Kier alpha value is -0.970. The molecule has 0 bridgehead atoms. The molecule has 1 aromatic rings. The van der Waals surface area contributed by atoms with Crippen LogP contribution >= 0.6 is 23.2 Å². The van der Waals surface area contributed by atoms with Crippen LogP contribution in [0.4, 0.5) is 10.5 Å². The molecule has 0 unspecified atom stereocenters. The molecular formula is C12H14Cl2N2O2. The highest BCUT2D eigenvalue weighted by molar-refractivity contribution is 6.43. The number of halogens is 2. The molecular weight excluding hydrogens is 275 g/mol. The molecule has 2 rings (SSSR count). The van der Waals surface area contributed by atoms with Crippen LogP contribution in [0.1, 0.15) is 12.8 Å². The molecule has 4 nitrogen and oxygen atoms in total. The Morgan fingerprint density at radius 2 is 2.28 bits per heavy atom. The van der Waals surface area contributed by atoms with E-state index in [1.165, 1.54) is 0 Å². The van der Waals surface area contributed by atoms with Crippen LogP contribution in [-0.2, 0) is 4.74 Å². The number of carbonyl (C=O) groups excluding carboxylic acids is 1. The summed E-state index contributed by atoms with van der Waals surface area (Å²) in [6.45, 7) is 1.28. The van der Waals surface area contributed by atoms with Crippen LogP contribution in [-0.4, -0.2) is 25.3 Å². The summed E-state index contributed by atoms with van der Waals surface area (Å²) in [6.07, 6.45) is 2.15. The first-order valence-electron chi connectivity index (χ1n) is 5.77. The molecule has 0 radical (unpaired) electrons. The quantitative estimate of drug-likeness (QED) is 0.897. The van der Waals surface area contributed by atoms with Crippen molar-refractivity contribution in [3.05, 3.63) is 28.2 Å². The summed E-state index contributed by atoms with van der Waals surface area (Å²) in [4.78, 5) is 11.7. The van der Waals surface area contributed by atoms with Gasteiger partial charge in [-0.1, -0.05) is 29.3 Å². The zero-order chi connectivity index (χ0) is 13.0. The molecule has 1 saturated heterocycles. The SMILES string of the molecule is O=C(NC[C@H]1CCCO1)Nc1cccc(Cl)c1Cl. The third kappa shape index (κ3) is 3.51. The molecule has 98 valence electrons. The second-order valence-corrected chi connectivity index (χ2v) is 4.86. The molecule has 18 heavy (non-hydrogen) atoms. The average molecular weight is 289 g/mol. The molecule has 1 aliphatic rings. The topological polar surface area (TPSA) is 50.4 Å². The number of rotatable bonds is 3. The lowest BCUT2D eigenvalue weighted by molar-refractivity contribution is 0.112. The van der Waals surface area contributed by atoms with E-state index < -0.39 is 0 Å². The number of hydrogen-bond donors (Lipinski definition) is 2. The Balaban J connectivity index is 1.84. The summed E-state index contributed by atoms with van der Waals surface area (Å²) in [5, 5.41) is 6.15. The average Bonchev–Trinajstić information content (AvgIpc) is 2.86. The number of ether oxygens (including phenoxy) is 1. The first kappa shape index (κ1) is 13.5. The van der Waals surface area contributed by atoms with Crippen molar-refractivity contribution in [3.8, 4) is 0 Å². The zero-order valence-electron chi connectivity index (χ0n) is 9.71. The number of urea groups is 1. The van der Waals surface area contributed by atoms with Crippen LogP contribution in [0.2, 0.25) is 10.0 Å². The van der Waals surface area contributed by atoms with Gasteiger partial charge in [-0.2, -0.15) is 0 Å². The minimum atomic E-state index is -0.310. The second-order valence-electron chi connectivity index (χ2n) is 4.07. The van der Waals surface area contributed by atoms with Gasteiger partial charge in [0, 0.05) is 13.2 Å². The molecule has 1 aromatic carbocycles. The fraction of sp³-hybridized carbons (Fsp3) is 0.417. The lowest BCUT2D eigenvalue weighted by atomic mass is 10.2. The Morgan fingerprint density at radius 1 is 1.44 bits per heavy atom. The lowest BCUT2D eigenvalue weighted by Gasteiger charge is -2.12. The molecule has 0 aliphatic carbocycles. The first-order chi connectivity index (χ1) is 8.66. The van der Waals surface area contributed by atoms with Crippen molar-refractivity contribution >= 4 is 34.9 Å². The van der Waals surface area contributed by atoms with Crippen molar-refractivity contribution in [1.82, 2.24) is 5.32 Å². The minimum absolute atomic E-state index is 0.116. The van der Waals surface area contributed by atoms with Gasteiger partial charge >= 0.3 is 6.03 Å². The Bertz CT molecular complexity index is 434. The maximum absolute atomic E-state index is 11.7. The number of carbonyl (C=O) groups is 1. The van der Waals surface area contributed by atoms with Crippen LogP contribution in [0.5, 0.6) is 0 Å². The predicted octanol–water partition coefficient (Wildman–Crippen LogP) is 3.29. The summed E-state index contributed by atoms with van der Waals surface area (Å²) in [5.41, 5.74) is 0.494. The smallest absolute Gasteiger partial charge is 0.319 e. The third-order valence-corrected chi connectivity index (χ3v) is 3.53. The molecule has 2 N–H and O–H groups in total. The monoisotopic (exact) mass is 288 g/mol. The molecule has 0 saturated carbocycles. The molecule has 1 aliphatic heterocycles. The summed E-state index contributed by atoms with van der Waals surface area (Å²) >= 11 is 11.8. The van der Waals surface area contributed by atoms with Crippen molar-refractivity contribution < 1.29 is 9.53 Å². The molecule has 1 fully saturated rings. The van der Waals surface area contributed by atoms with Crippen molar-refractivity contribution in [2.75, 3.05) is 18.5 Å². The third-order valence-electron chi connectivity index (χ3n) is 2.71. The van der Waals surface area contributed by atoms with E-state index in [1.807, 2.05) is 0 Å². The highest BCUT2D eigenvalue weighted by Crippen LogP contribution is 2.29. The van der Waals surface area contributed by atoms with Gasteiger partial charge < -0.3 is 15.4 Å². The maximum atomic E-state index is 11.7. The minimum Gasteiger partial charge on any atom is -0.376 e. The maximum Gasteiger partial charge on any atom is 0.319 e. The van der Waals surface area contributed by atoms with Crippen molar-refractivity contribution in [2.45, 2.75) is 18.9 Å². The first-order valence-corrected chi connectivity index (χ1v) is 6.53. The van der Waals surface area contributed by atoms with E-state index in [0.29, 0.717) is 22.3 Å². The summed E-state index contributed by atoms with van der Waals surface area (Å²) in [6, 6.07) is 4.78. The molecule has 1 atom stereocenters. The van der Waals surface area contributed by atoms with E-state index in [2.05, 4.69) is 10.6 Å². The highest BCUT2D eigenvalue weighted by atomic mass is 35.5. The van der Waals surface area contributed by atoms with Crippen molar-refractivity contribution in [3.63, 3.8) is 0 Å². The van der Waals surface area contributed by atoms with Crippen LogP contribution in [0, 0.1) is 0 Å². The van der Waals surface area contributed by atoms with Gasteiger partial charge in [-0.05, 0) is 25.0 Å². The van der Waals surface area contributed by atoms with Crippen LogP contribution in [0.25, 0.3) is 0 Å². The molecule has 6 heteroatoms. The lowest BCUT2D eigenvalue weighted by Crippen LogP contribution is -2.35. The summed E-state index contributed by atoms with van der Waals surface area (Å²) < 4.78 is 5.41. The van der Waals surface area contributed by atoms with Crippen LogP contribution < -0.4 is 10.6 Å². The summed E-state index contributed by atoms with van der Waals surface area (Å²) in [5.74, 6) is 0. The number of benzene rings is 1. The van der Waals surface area contributed by atoms with E-state index >= 15 is 0 Å². The van der Waals surface area contributed by atoms with Gasteiger partial charge in [0.2, 0.25) is 0 Å². The normalized spacial score (nSPS) is 18.7. The van der Waals surface area contributed by atoms with Crippen molar-refractivity contribution in [2.24, 2.45) is 0 Å². The number of anilines is 1. The van der Waals surface area contributed by atoms with Crippen molar-refractivity contribution in [1.29, 1.82) is 0 Å². The Kier molecular flexibility index (Phi) is 4.69. The van der Waals surface area contributed by atoms with Gasteiger partial charge in [0.25, 0.3) is 0 Å². The Labute approximate surface area is 116 Å². The van der Waals surface area contributed by atoms with Gasteiger partial charge in [-0.25, -0.2) is 4.79 Å². The van der Waals surface area contributed by atoms with E-state index in [0.717, 1.165) is 19.4 Å².